The van der Waals surface area contributed by atoms with Gasteiger partial charge in [-0.2, -0.15) is 0 Å². The predicted molar refractivity (Wildman–Crippen MR) is 72.8 cm³/mol. The van der Waals surface area contributed by atoms with E-state index in [9.17, 15) is 4.39 Å². The second-order valence-electron chi connectivity index (χ2n) is 4.65. The first-order chi connectivity index (χ1) is 9.72. The van der Waals surface area contributed by atoms with E-state index in [-0.39, 0.29) is 11.5 Å². The van der Waals surface area contributed by atoms with Crippen molar-refractivity contribution in [3.63, 3.8) is 0 Å². The summed E-state index contributed by atoms with van der Waals surface area (Å²) in [5.74, 6) is 0.225. The van der Waals surface area contributed by atoms with Crippen molar-refractivity contribution in [3.05, 3.63) is 34.9 Å². The summed E-state index contributed by atoms with van der Waals surface area (Å²) in [5, 5.41) is 11.6. The first kappa shape index (κ1) is 13.5. The first-order valence-corrected chi connectivity index (χ1v) is 6.81. The molecule has 1 aromatic heterocycles. The van der Waals surface area contributed by atoms with E-state index in [1.807, 2.05) is 0 Å². The molecule has 7 heteroatoms. The molecule has 20 heavy (non-hydrogen) atoms. The van der Waals surface area contributed by atoms with Crippen molar-refractivity contribution in [1.29, 1.82) is 0 Å². The van der Waals surface area contributed by atoms with Gasteiger partial charge in [0.2, 0.25) is 5.89 Å². The smallest absolute Gasteiger partial charge is 0.250 e. The number of halogens is 2. The van der Waals surface area contributed by atoms with Gasteiger partial charge in [0.05, 0.1) is 12.1 Å². The fourth-order valence-electron chi connectivity index (χ4n) is 2.15. The van der Waals surface area contributed by atoms with Gasteiger partial charge in [-0.05, 0) is 18.2 Å². The van der Waals surface area contributed by atoms with Crippen LogP contribution in [0.5, 0.6) is 0 Å². The van der Waals surface area contributed by atoms with Crippen LogP contribution in [0.25, 0.3) is 11.5 Å². The number of hydrogen-bond acceptors (Lipinski definition) is 5. The lowest BCUT2D eigenvalue weighted by molar-refractivity contribution is 0.213. The molecule has 0 radical (unpaired) electrons. The van der Waals surface area contributed by atoms with Crippen LogP contribution < -0.4 is 5.32 Å². The van der Waals surface area contributed by atoms with Crippen LogP contribution in [0, 0.1) is 5.82 Å². The molecule has 0 unspecified atom stereocenters. The van der Waals surface area contributed by atoms with E-state index in [0.29, 0.717) is 17.5 Å². The molecule has 0 spiro atoms. The topological polar surface area (TPSA) is 54.2 Å². The Morgan fingerprint density at radius 3 is 2.90 bits per heavy atom. The van der Waals surface area contributed by atoms with E-state index in [1.54, 1.807) is 0 Å². The van der Waals surface area contributed by atoms with Crippen LogP contribution in [-0.4, -0.2) is 41.3 Å². The number of aromatic nitrogens is 2. The van der Waals surface area contributed by atoms with Gasteiger partial charge in [0.25, 0.3) is 5.89 Å². The second-order valence-corrected chi connectivity index (χ2v) is 5.09. The molecule has 2 aromatic rings. The molecule has 2 heterocycles. The maximum Gasteiger partial charge on any atom is 0.250 e. The zero-order valence-electron chi connectivity index (χ0n) is 10.8. The molecule has 1 N–H and O–H groups in total. The summed E-state index contributed by atoms with van der Waals surface area (Å²) in [6, 6.07) is 4.26. The Labute approximate surface area is 120 Å². The third-order valence-electron chi connectivity index (χ3n) is 3.19. The van der Waals surface area contributed by atoms with Crippen molar-refractivity contribution < 1.29 is 8.81 Å². The Morgan fingerprint density at radius 2 is 2.10 bits per heavy atom. The van der Waals surface area contributed by atoms with Gasteiger partial charge in [-0.3, -0.25) is 4.90 Å². The van der Waals surface area contributed by atoms with Crippen molar-refractivity contribution in [2.75, 3.05) is 26.2 Å². The summed E-state index contributed by atoms with van der Waals surface area (Å²) in [7, 11) is 0. The lowest BCUT2D eigenvalue weighted by Crippen LogP contribution is -2.42. The van der Waals surface area contributed by atoms with Crippen molar-refractivity contribution in [1.82, 2.24) is 20.4 Å². The Hall–Kier alpha value is -1.50. The fraction of sp³-hybridized carbons (Fsp3) is 0.385. The van der Waals surface area contributed by atoms with Crippen molar-refractivity contribution in [2.45, 2.75) is 6.54 Å². The van der Waals surface area contributed by atoms with Crippen molar-refractivity contribution in [2.24, 2.45) is 0 Å². The maximum absolute atomic E-state index is 13.7. The number of rotatable bonds is 3. The maximum atomic E-state index is 13.7. The average Bonchev–Trinajstić information content (AvgIpc) is 2.91. The number of nitrogens with one attached hydrogen (secondary N) is 1. The van der Waals surface area contributed by atoms with Gasteiger partial charge in [0.15, 0.2) is 0 Å². The van der Waals surface area contributed by atoms with Gasteiger partial charge in [-0.1, -0.05) is 11.6 Å². The third-order valence-corrected chi connectivity index (χ3v) is 3.43. The molecular formula is C13H14ClFN4O. The molecule has 1 aliphatic heterocycles. The molecule has 1 fully saturated rings. The molecule has 106 valence electrons. The fourth-order valence-corrected chi connectivity index (χ4v) is 2.32. The van der Waals surface area contributed by atoms with E-state index in [1.165, 1.54) is 18.2 Å². The highest BCUT2D eigenvalue weighted by molar-refractivity contribution is 6.30. The van der Waals surface area contributed by atoms with E-state index in [4.69, 9.17) is 16.0 Å². The van der Waals surface area contributed by atoms with Crippen molar-refractivity contribution >= 4 is 11.6 Å². The number of nitrogens with zero attached hydrogens (tertiary/aromatic N) is 3. The standard InChI is InChI=1S/C13H14ClFN4O/c14-9-1-2-11(15)10(7-9)13-18-17-12(20-13)8-19-5-3-16-4-6-19/h1-2,7,16H,3-6,8H2. The van der Waals surface area contributed by atoms with Crippen LogP contribution in [0.4, 0.5) is 4.39 Å². The highest BCUT2D eigenvalue weighted by atomic mass is 35.5. The quantitative estimate of drug-likeness (QED) is 0.938. The van der Waals surface area contributed by atoms with Gasteiger partial charge >= 0.3 is 0 Å². The summed E-state index contributed by atoms with van der Waals surface area (Å²) < 4.78 is 19.2. The minimum absolute atomic E-state index is 0.162. The molecule has 0 aliphatic carbocycles. The Morgan fingerprint density at radius 1 is 1.30 bits per heavy atom. The number of hydrogen-bond donors (Lipinski definition) is 1. The zero-order chi connectivity index (χ0) is 13.9. The molecule has 5 nitrogen and oxygen atoms in total. The SMILES string of the molecule is Fc1ccc(Cl)cc1-c1nnc(CN2CCNCC2)o1. The Kier molecular flexibility index (Phi) is 3.95. The van der Waals surface area contributed by atoms with Gasteiger partial charge < -0.3 is 9.73 Å². The van der Waals surface area contributed by atoms with Crippen LogP contribution in [0.3, 0.4) is 0 Å². The van der Waals surface area contributed by atoms with Crippen LogP contribution in [-0.2, 0) is 6.54 Å². The lowest BCUT2D eigenvalue weighted by Gasteiger charge is -2.25. The Balaban J connectivity index is 1.77. The molecule has 0 amide bonds. The highest BCUT2D eigenvalue weighted by Crippen LogP contribution is 2.25. The van der Waals surface area contributed by atoms with Gasteiger partial charge in [-0.15, -0.1) is 10.2 Å². The predicted octanol–water partition coefficient (Wildman–Crippen LogP) is 1.93. The highest BCUT2D eigenvalue weighted by Gasteiger charge is 2.16. The summed E-state index contributed by atoms with van der Waals surface area (Å²) in [6.07, 6.45) is 0. The molecule has 1 aromatic carbocycles. The van der Waals surface area contributed by atoms with Gasteiger partial charge in [0, 0.05) is 31.2 Å². The molecule has 1 aliphatic rings. The monoisotopic (exact) mass is 296 g/mol. The lowest BCUT2D eigenvalue weighted by atomic mass is 10.2. The largest absolute Gasteiger partial charge is 0.419 e. The third kappa shape index (κ3) is 2.98. The van der Waals surface area contributed by atoms with Crippen LogP contribution in [0.2, 0.25) is 5.02 Å². The normalized spacial score (nSPS) is 16.5. The molecule has 0 bridgehead atoms. The van der Waals surface area contributed by atoms with Gasteiger partial charge in [0.1, 0.15) is 5.82 Å². The zero-order valence-corrected chi connectivity index (χ0v) is 11.5. The van der Waals surface area contributed by atoms with Crippen LogP contribution in [0.15, 0.2) is 22.6 Å². The van der Waals surface area contributed by atoms with E-state index in [2.05, 4.69) is 20.4 Å². The molecular weight excluding hydrogens is 283 g/mol. The number of benzene rings is 1. The summed E-state index contributed by atoms with van der Waals surface area (Å²) in [6.45, 7) is 4.34. The summed E-state index contributed by atoms with van der Waals surface area (Å²) >= 11 is 5.86. The van der Waals surface area contributed by atoms with Gasteiger partial charge in [-0.25, -0.2) is 4.39 Å². The van der Waals surface area contributed by atoms with E-state index < -0.39 is 5.82 Å². The minimum atomic E-state index is -0.424. The number of piperazine rings is 1. The van der Waals surface area contributed by atoms with Crippen LogP contribution >= 0.6 is 11.6 Å². The second kappa shape index (κ2) is 5.87. The molecule has 3 rings (SSSR count). The van der Waals surface area contributed by atoms with E-state index >= 15 is 0 Å². The van der Waals surface area contributed by atoms with Crippen molar-refractivity contribution in [3.8, 4) is 11.5 Å². The average molecular weight is 297 g/mol. The summed E-state index contributed by atoms with van der Waals surface area (Å²) in [5.41, 5.74) is 0.233. The van der Waals surface area contributed by atoms with Crippen LogP contribution in [0.1, 0.15) is 5.89 Å². The minimum Gasteiger partial charge on any atom is -0.419 e. The molecule has 0 atom stereocenters. The molecule has 1 saturated heterocycles. The molecule has 0 saturated carbocycles. The summed E-state index contributed by atoms with van der Waals surface area (Å²) in [4.78, 5) is 2.21. The first-order valence-electron chi connectivity index (χ1n) is 6.43. The van der Waals surface area contributed by atoms with E-state index in [0.717, 1.165) is 26.2 Å². The Bertz CT molecular complexity index is 598.